The molecular formula is C14H14BrNO4. The van der Waals surface area contributed by atoms with Crippen molar-refractivity contribution in [2.24, 2.45) is 0 Å². The second-order valence-electron chi connectivity index (χ2n) is 4.50. The van der Waals surface area contributed by atoms with E-state index in [0.29, 0.717) is 5.56 Å². The Hall–Kier alpha value is -1.66. The van der Waals surface area contributed by atoms with Gasteiger partial charge in [-0.15, -0.1) is 0 Å². The van der Waals surface area contributed by atoms with Gasteiger partial charge in [-0.05, 0) is 24.6 Å². The minimum Gasteiger partial charge on any atom is -0.503 e. The van der Waals surface area contributed by atoms with Gasteiger partial charge in [-0.1, -0.05) is 28.1 Å². The van der Waals surface area contributed by atoms with Crippen LogP contribution in [0.15, 0.2) is 40.1 Å². The number of hydrogen-bond donors (Lipinski definition) is 2. The minimum absolute atomic E-state index is 0.0524. The summed E-state index contributed by atoms with van der Waals surface area (Å²) in [7, 11) is 0. The highest BCUT2D eigenvalue weighted by Crippen LogP contribution is 2.37. The zero-order valence-corrected chi connectivity index (χ0v) is 12.4. The van der Waals surface area contributed by atoms with Crippen LogP contribution in [-0.4, -0.2) is 40.0 Å². The number of nitrogens with zero attached hydrogens (tertiary/aromatic N) is 1. The third-order valence-electron chi connectivity index (χ3n) is 3.19. The van der Waals surface area contributed by atoms with Crippen molar-refractivity contribution in [1.29, 1.82) is 0 Å². The Morgan fingerprint density at radius 2 is 2.15 bits per heavy atom. The zero-order valence-electron chi connectivity index (χ0n) is 10.8. The molecule has 0 aliphatic carbocycles. The van der Waals surface area contributed by atoms with E-state index in [2.05, 4.69) is 15.9 Å². The lowest BCUT2D eigenvalue weighted by Crippen LogP contribution is -2.33. The van der Waals surface area contributed by atoms with Crippen LogP contribution < -0.4 is 0 Å². The quantitative estimate of drug-likeness (QED) is 0.875. The Balaban J connectivity index is 2.54. The van der Waals surface area contributed by atoms with Crippen LogP contribution in [0.5, 0.6) is 0 Å². The molecule has 0 fully saturated rings. The summed E-state index contributed by atoms with van der Waals surface area (Å²) < 4.78 is 0.806. The van der Waals surface area contributed by atoms with E-state index in [4.69, 9.17) is 5.11 Å². The number of benzene rings is 1. The van der Waals surface area contributed by atoms with Crippen LogP contribution in [0.1, 0.15) is 18.5 Å². The van der Waals surface area contributed by atoms with Gasteiger partial charge in [-0.2, -0.15) is 0 Å². The Bertz CT molecular complexity index is 597. The molecule has 20 heavy (non-hydrogen) atoms. The van der Waals surface area contributed by atoms with Crippen LogP contribution in [0, 0.1) is 0 Å². The highest BCUT2D eigenvalue weighted by molar-refractivity contribution is 9.10. The lowest BCUT2D eigenvalue weighted by Gasteiger charge is -2.25. The first kappa shape index (κ1) is 14.7. The van der Waals surface area contributed by atoms with Gasteiger partial charge >= 0.3 is 0 Å². The molecule has 2 N–H and O–H groups in total. The van der Waals surface area contributed by atoms with E-state index in [9.17, 15) is 14.7 Å². The predicted octanol–water partition coefficient (Wildman–Crippen LogP) is 1.73. The summed E-state index contributed by atoms with van der Waals surface area (Å²) in [6.45, 7) is 1.12. The van der Waals surface area contributed by atoms with Crippen molar-refractivity contribution in [3.8, 4) is 0 Å². The van der Waals surface area contributed by atoms with Crippen molar-refractivity contribution >= 4 is 27.6 Å². The number of hydrogen-bond acceptors (Lipinski definition) is 4. The highest BCUT2D eigenvalue weighted by Gasteiger charge is 2.41. The normalized spacial score (nSPS) is 18.9. The van der Waals surface area contributed by atoms with Gasteiger partial charge in [-0.25, -0.2) is 0 Å². The molecule has 1 unspecified atom stereocenters. The molecule has 1 heterocycles. The highest BCUT2D eigenvalue weighted by atomic mass is 79.9. The molecule has 106 valence electrons. The molecule has 2 rings (SSSR count). The average molecular weight is 340 g/mol. The molecular weight excluding hydrogens is 326 g/mol. The standard InChI is InChI=1S/C14H14BrNO4/c1-8(18)11-12(9-3-2-4-10(15)7-9)16(5-6-17)14(20)13(11)19/h2-4,7,12,17,19H,5-6H2,1H3. The van der Waals surface area contributed by atoms with E-state index in [0.717, 1.165) is 4.47 Å². The summed E-state index contributed by atoms with van der Waals surface area (Å²) >= 11 is 3.34. The minimum atomic E-state index is -0.662. The first-order valence-electron chi connectivity index (χ1n) is 6.08. The van der Waals surface area contributed by atoms with Gasteiger partial charge < -0.3 is 15.1 Å². The number of Topliss-reactive ketones (excluding diaryl/α,β-unsaturated/α-hetero) is 1. The summed E-state index contributed by atoms with van der Waals surface area (Å²) in [5.74, 6) is -1.52. The zero-order chi connectivity index (χ0) is 14.9. The fraction of sp³-hybridized carbons (Fsp3) is 0.286. The summed E-state index contributed by atoms with van der Waals surface area (Å²) in [5, 5.41) is 19.0. The molecule has 1 atom stereocenters. The van der Waals surface area contributed by atoms with Crippen molar-refractivity contribution < 1.29 is 19.8 Å². The smallest absolute Gasteiger partial charge is 0.290 e. The predicted molar refractivity (Wildman–Crippen MR) is 76.0 cm³/mol. The van der Waals surface area contributed by atoms with Crippen molar-refractivity contribution in [3.05, 3.63) is 45.6 Å². The number of carbonyl (C=O) groups is 2. The van der Waals surface area contributed by atoms with Crippen molar-refractivity contribution in [1.82, 2.24) is 4.90 Å². The van der Waals surface area contributed by atoms with Gasteiger partial charge in [-0.3, -0.25) is 9.59 Å². The average Bonchev–Trinajstić information content (AvgIpc) is 2.64. The molecule has 6 heteroatoms. The number of halogens is 1. The Labute approximate surface area is 124 Å². The number of aliphatic hydroxyl groups excluding tert-OH is 2. The number of β-amino-alcohol motifs (C(OH)–C–C–N with tert-alkyl or cyclic N) is 1. The molecule has 0 saturated heterocycles. The lowest BCUT2D eigenvalue weighted by atomic mass is 9.97. The summed E-state index contributed by atoms with van der Waals surface area (Å²) in [5.41, 5.74) is 0.775. The Morgan fingerprint density at radius 1 is 1.45 bits per heavy atom. The monoisotopic (exact) mass is 339 g/mol. The maximum absolute atomic E-state index is 12.0. The molecule has 0 spiro atoms. The fourth-order valence-corrected chi connectivity index (χ4v) is 2.79. The van der Waals surface area contributed by atoms with E-state index in [1.54, 1.807) is 18.2 Å². The third-order valence-corrected chi connectivity index (χ3v) is 3.68. The number of amides is 1. The van der Waals surface area contributed by atoms with E-state index >= 15 is 0 Å². The molecule has 5 nitrogen and oxygen atoms in total. The second-order valence-corrected chi connectivity index (χ2v) is 5.41. The van der Waals surface area contributed by atoms with E-state index in [-0.39, 0.29) is 24.5 Å². The third kappa shape index (κ3) is 2.48. The largest absolute Gasteiger partial charge is 0.503 e. The van der Waals surface area contributed by atoms with Crippen LogP contribution in [0.4, 0.5) is 0 Å². The van der Waals surface area contributed by atoms with Gasteiger partial charge in [0.1, 0.15) is 0 Å². The van der Waals surface area contributed by atoms with Gasteiger partial charge in [0.25, 0.3) is 5.91 Å². The molecule has 1 aromatic rings. The van der Waals surface area contributed by atoms with Gasteiger partial charge in [0, 0.05) is 11.0 Å². The summed E-state index contributed by atoms with van der Waals surface area (Å²) in [6, 6.07) is 6.50. The summed E-state index contributed by atoms with van der Waals surface area (Å²) in [4.78, 5) is 25.1. The SMILES string of the molecule is CC(=O)C1=C(O)C(=O)N(CCO)C1c1cccc(Br)c1. The van der Waals surface area contributed by atoms with Crippen molar-refractivity contribution in [2.75, 3.05) is 13.2 Å². The maximum Gasteiger partial charge on any atom is 0.290 e. The Kier molecular flexibility index (Phi) is 4.25. The number of aliphatic hydroxyl groups is 2. The number of ketones is 1. The van der Waals surface area contributed by atoms with Gasteiger partial charge in [0.05, 0.1) is 18.2 Å². The van der Waals surface area contributed by atoms with Gasteiger partial charge in [0.15, 0.2) is 11.5 Å². The Morgan fingerprint density at radius 3 is 2.70 bits per heavy atom. The van der Waals surface area contributed by atoms with Gasteiger partial charge in [0.2, 0.25) is 0 Å². The summed E-state index contributed by atoms with van der Waals surface area (Å²) in [6.07, 6.45) is 0. The van der Waals surface area contributed by atoms with E-state index < -0.39 is 17.7 Å². The molecule has 1 aliphatic heterocycles. The fourth-order valence-electron chi connectivity index (χ4n) is 2.37. The van der Waals surface area contributed by atoms with E-state index in [1.807, 2.05) is 6.07 Å². The second kappa shape index (κ2) is 5.76. The molecule has 1 amide bonds. The first-order valence-corrected chi connectivity index (χ1v) is 6.88. The maximum atomic E-state index is 12.0. The first-order chi connectivity index (χ1) is 9.47. The molecule has 0 bridgehead atoms. The number of rotatable bonds is 4. The van der Waals surface area contributed by atoms with E-state index in [1.165, 1.54) is 11.8 Å². The van der Waals surface area contributed by atoms with Crippen LogP contribution in [0.3, 0.4) is 0 Å². The topological polar surface area (TPSA) is 77.8 Å². The van der Waals surface area contributed by atoms with Crippen LogP contribution in [0.2, 0.25) is 0 Å². The van der Waals surface area contributed by atoms with Crippen LogP contribution in [-0.2, 0) is 9.59 Å². The molecule has 1 aliphatic rings. The molecule has 0 radical (unpaired) electrons. The number of carbonyl (C=O) groups excluding carboxylic acids is 2. The van der Waals surface area contributed by atoms with Crippen molar-refractivity contribution in [2.45, 2.75) is 13.0 Å². The van der Waals surface area contributed by atoms with Crippen LogP contribution in [0.25, 0.3) is 0 Å². The molecule has 0 saturated carbocycles. The molecule has 1 aromatic carbocycles. The lowest BCUT2D eigenvalue weighted by molar-refractivity contribution is -0.129. The van der Waals surface area contributed by atoms with Crippen LogP contribution >= 0.6 is 15.9 Å². The van der Waals surface area contributed by atoms with Crippen molar-refractivity contribution in [3.63, 3.8) is 0 Å². The molecule has 0 aromatic heterocycles.